The van der Waals surface area contributed by atoms with Gasteiger partial charge >= 0.3 is 0 Å². The lowest BCUT2D eigenvalue weighted by atomic mass is 9.85. The van der Waals surface area contributed by atoms with Crippen molar-refractivity contribution in [1.29, 1.82) is 0 Å². The molecule has 168 valence electrons. The summed E-state index contributed by atoms with van der Waals surface area (Å²) in [5.41, 5.74) is 0.837. The van der Waals surface area contributed by atoms with Crippen LogP contribution in [0.1, 0.15) is 17.8 Å². The molecule has 0 aliphatic rings. The Morgan fingerprint density at radius 2 is 1.11 bits per heavy atom. The van der Waals surface area contributed by atoms with Crippen LogP contribution in [0.4, 0.5) is 0 Å². The predicted molar refractivity (Wildman–Crippen MR) is 149 cm³/mol. The van der Waals surface area contributed by atoms with Crippen molar-refractivity contribution in [2.45, 2.75) is 0 Å². The van der Waals surface area contributed by atoms with Crippen LogP contribution in [0.5, 0.6) is 0 Å². The highest BCUT2D eigenvalue weighted by molar-refractivity contribution is 6.28. The normalized spacial score (nSPS) is 16.9. The smallest absolute Gasteiger partial charge is 0.136 e. The molecule has 0 fully saturated rings. The Bertz CT molecular complexity index is 2710. The van der Waals surface area contributed by atoms with Gasteiger partial charge in [0.25, 0.3) is 0 Å². The molecular weight excluding hydrogens is 440 g/mol. The fraction of sp³-hybridized carbons (Fsp3) is 0. The lowest BCUT2D eigenvalue weighted by Crippen LogP contribution is -1.90. The molecule has 2 heteroatoms. The molecule has 0 aliphatic carbocycles. The largest absolute Gasteiger partial charge is 0.464 e. The Hall–Kier alpha value is -4.82. The minimum atomic E-state index is -0.724. The lowest BCUT2D eigenvalue weighted by molar-refractivity contribution is 0.616. The zero-order valence-electron chi connectivity index (χ0n) is 31.4. The predicted octanol–water partition coefficient (Wildman–Crippen LogP) is 9.97. The second-order valence-corrected chi connectivity index (χ2v) is 8.31. The van der Waals surface area contributed by atoms with Crippen molar-refractivity contribution in [2.75, 3.05) is 0 Å². The van der Waals surface area contributed by atoms with Crippen LogP contribution in [0.25, 0.3) is 76.7 Å². The number of fused-ring (bicyclic) bond motifs is 7. The maximum absolute atomic E-state index is 9.19. The molecule has 0 radical (unpaired) electrons. The van der Waals surface area contributed by atoms with E-state index in [-0.39, 0.29) is 38.2 Å². The van der Waals surface area contributed by atoms with Crippen LogP contribution in [0.3, 0.4) is 0 Å². The van der Waals surface area contributed by atoms with E-state index in [2.05, 4.69) is 0 Å². The maximum atomic E-state index is 9.19. The molecule has 0 aliphatic heterocycles. The summed E-state index contributed by atoms with van der Waals surface area (Å²) in [4.78, 5) is 0. The van der Waals surface area contributed by atoms with Crippen molar-refractivity contribution in [1.82, 2.24) is 0 Å². The van der Waals surface area contributed by atoms with Gasteiger partial charge in [0.1, 0.15) is 16.7 Å². The molecule has 6 aromatic carbocycles. The highest BCUT2D eigenvalue weighted by atomic mass is 16.3. The summed E-state index contributed by atoms with van der Waals surface area (Å²) in [7, 11) is 0. The van der Waals surface area contributed by atoms with Crippen LogP contribution >= 0.6 is 0 Å². The Balaban J connectivity index is 1.75. The quantitative estimate of drug-likeness (QED) is 0.233. The topological polar surface area (TPSA) is 26.3 Å². The molecule has 0 spiro atoms. The third-order valence-corrected chi connectivity index (χ3v) is 6.47. The summed E-state index contributed by atoms with van der Waals surface area (Å²) in [6.45, 7) is 0. The Labute approximate surface area is 225 Å². The lowest BCUT2D eigenvalue weighted by Gasteiger charge is -2.17. The Morgan fingerprint density at radius 3 is 1.83 bits per heavy atom. The van der Waals surface area contributed by atoms with E-state index in [1.807, 2.05) is 18.2 Å². The molecule has 36 heavy (non-hydrogen) atoms. The van der Waals surface area contributed by atoms with Crippen LogP contribution in [0.2, 0.25) is 0 Å². The van der Waals surface area contributed by atoms with Gasteiger partial charge in [0.05, 0.1) is 24.1 Å². The Morgan fingerprint density at radius 1 is 0.500 bits per heavy atom. The second-order valence-electron chi connectivity index (χ2n) is 8.31. The Kier molecular flexibility index (Phi) is 2.21. The minimum Gasteiger partial charge on any atom is -0.464 e. The summed E-state index contributed by atoms with van der Waals surface area (Å²) in [6.07, 6.45) is 1.35. The number of rotatable bonds is 2. The zero-order chi connectivity index (χ0) is 35.0. The average Bonchev–Trinajstić information content (AvgIpc) is 3.70. The third-order valence-electron chi connectivity index (χ3n) is 6.47. The number of furan rings is 2. The average molecular weight is 474 g/mol. The monoisotopic (exact) mass is 473 g/mol. The number of benzene rings is 6. The van der Waals surface area contributed by atoms with E-state index in [9.17, 15) is 2.74 Å². The fourth-order valence-electron chi connectivity index (χ4n) is 5.05. The molecule has 0 N–H and O–H groups in total. The van der Waals surface area contributed by atoms with Gasteiger partial charge in [-0.3, -0.25) is 0 Å². The van der Waals surface area contributed by atoms with E-state index in [4.69, 9.17) is 23.9 Å². The summed E-state index contributed by atoms with van der Waals surface area (Å²) in [6, 6.07) is 2.06. The molecule has 0 unspecified atom stereocenters. The fourth-order valence-corrected chi connectivity index (χ4v) is 5.05. The summed E-state index contributed by atoms with van der Waals surface area (Å²) in [5.74, 6) is 0. The van der Waals surface area contributed by atoms with Gasteiger partial charge in [0, 0.05) is 27.3 Å². The van der Waals surface area contributed by atoms with Gasteiger partial charge in [0.15, 0.2) is 0 Å². The standard InChI is InChI=1S/C34H20O2/c1-2-10-21(11-3-1)31-22-12-4-6-14-24(22)32(25-15-7-5-13-23(25)31)27-20-35-29-18-19-30-33(34(27)29)26-16-8-9-17-28(26)36-30/h1-20H/i1D,2D,3D,4D,5D,6D,7D,10D,11D,12D,13D,14D,15D. The third kappa shape index (κ3) is 2.61. The molecule has 0 saturated carbocycles. The molecule has 0 bridgehead atoms. The van der Waals surface area contributed by atoms with Crippen LogP contribution in [-0.4, -0.2) is 0 Å². The van der Waals surface area contributed by atoms with Crippen LogP contribution in [0, 0.1) is 0 Å². The van der Waals surface area contributed by atoms with E-state index in [1.54, 1.807) is 18.2 Å². The van der Waals surface area contributed by atoms with Crippen molar-refractivity contribution in [3.05, 3.63) is 121 Å². The molecule has 2 heterocycles. The van der Waals surface area contributed by atoms with Gasteiger partial charge in [0.2, 0.25) is 0 Å². The molecule has 2 aromatic heterocycles. The molecular formula is C34H20O2. The highest BCUT2D eigenvalue weighted by Gasteiger charge is 2.22. The maximum Gasteiger partial charge on any atom is 0.136 e. The minimum absolute atomic E-state index is 0.00310. The van der Waals surface area contributed by atoms with Crippen molar-refractivity contribution >= 4 is 54.5 Å². The zero-order valence-corrected chi connectivity index (χ0v) is 18.4. The highest BCUT2D eigenvalue weighted by Crippen LogP contribution is 2.47. The number of hydrogen-bond donors (Lipinski definition) is 0. The number of para-hydroxylation sites is 1. The first-order valence-corrected chi connectivity index (χ1v) is 11.1. The van der Waals surface area contributed by atoms with Gasteiger partial charge in [-0.25, -0.2) is 0 Å². The van der Waals surface area contributed by atoms with Crippen LogP contribution in [-0.2, 0) is 0 Å². The van der Waals surface area contributed by atoms with Crippen molar-refractivity contribution in [2.24, 2.45) is 0 Å². The summed E-state index contributed by atoms with van der Waals surface area (Å²) in [5, 5.41) is 0.843. The molecule has 2 nitrogen and oxygen atoms in total. The van der Waals surface area contributed by atoms with Gasteiger partial charge in [-0.05, 0) is 50.9 Å². The van der Waals surface area contributed by atoms with Gasteiger partial charge in [-0.1, -0.05) is 96.8 Å². The SMILES string of the molecule is [2H]c1c([2H])c([2H])c(-c2c3c([2H])c([2H])c([2H])c([2H])c3c(-c3coc4ccc5oc6ccccc6c5c34)c3c([2H])c([2H])c([2H])c([2H])c23)c([2H])c1[2H]. The van der Waals surface area contributed by atoms with Gasteiger partial charge in [-0.2, -0.15) is 0 Å². The molecule has 8 aromatic rings. The first-order chi connectivity index (χ1) is 23.3. The van der Waals surface area contributed by atoms with Crippen molar-refractivity contribution in [3.63, 3.8) is 0 Å². The summed E-state index contributed by atoms with van der Waals surface area (Å²) >= 11 is 0. The summed E-state index contributed by atoms with van der Waals surface area (Å²) < 4.78 is 126. The number of hydrogen-bond acceptors (Lipinski definition) is 2. The van der Waals surface area contributed by atoms with Gasteiger partial charge < -0.3 is 8.83 Å². The molecule has 0 saturated heterocycles. The first-order valence-electron chi connectivity index (χ1n) is 17.6. The van der Waals surface area contributed by atoms with E-state index >= 15 is 0 Å². The van der Waals surface area contributed by atoms with E-state index in [0.29, 0.717) is 32.9 Å². The van der Waals surface area contributed by atoms with Crippen molar-refractivity contribution in [3.8, 4) is 22.3 Å². The van der Waals surface area contributed by atoms with E-state index in [1.165, 1.54) is 6.26 Å². The first kappa shape index (κ1) is 10.8. The van der Waals surface area contributed by atoms with E-state index in [0.717, 1.165) is 0 Å². The molecule has 8 rings (SSSR count). The van der Waals surface area contributed by atoms with E-state index < -0.39 is 84.1 Å². The molecule has 0 atom stereocenters. The van der Waals surface area contributed by atoms with Gasteiger partial charge in [-0.15, -0.1) is 0 Å². The van der Waals surface area contributed by atoms with Crippen LogP contribution in [0.15, 0.2) is 130 Å². The van der Waals surface area contributed by atoms with Crippen molar-refractivity contribution < 1.29 is 26.7 Å². The second kappa shape index (κ2) is 7.34. The molecule has 0 amide bonds. The van der Waals surface area contributed by atoms with Crippen LogP contribution < -0.4 is 0 Å².